The van der Waals surface area contributed by atoms with Gasteiger partial charge in [0.25, 0.3) is 0 Å². The number of nitrogens with zero attached hydrogens (tertiary/aromatic N) is 3. The van der Waals surface area contributed by atoms with E-state index in [1.165, 1.54) is 6.08 Å². The van der Waals surface area contributed by atoms with Crippen LogP contribution in [0.2, 0.25) is 0 Å². The fraction of sp³-hybridized carbons (Fsp3) is 0.222. The van der Waals surface area contributed by atoms with Gasteiger partial charge >= 0.3 is 5.97 Å². The number of rotatable bonds is 4. The average molecular weight is 309 g/mol. The zero-order valence-corrected chi connectivity index (χ0v) is 13.5. The Morgan fingerprint density at radius 2 is 2.09 bits per heavy atom. The molecule has 0 fully saturated rings. The lowest BCUT2D eigenvalue weighted by molar-refractivity contribution is -0.137. The van der Waals surface area contributed by atoms with Crippen LogP contribution in [0.1, 0.15) is 18.2 Å². The van der Waals surface area contributed by atoms with Crippen molar-refractivity contribution in [2.24, 2.45) is 7.05 Å². The van der Waals surface area contributed by atoms with Crippen molar-refractivity contribution >= 4 is 22.9 Å². The topological polar surface area (TPSA) is 49.0 Å². The van der Waals surface area contributed by atoms with Crippen LogP contribution < -0.4 is 0 Å². The van der Waals surface area contributed by atoms with Gasteiger partial charge in [0.15, 0.2) is 0 Å². The largest absolute Gasteiger partial charge is 0.463 e. The summed E-state index contributed by atoms with van der Waals surface area (Å²) >= 11 is 0. The first-order valence-corrected chi connectivity index (χ1v) is 7.56. The van der Waals surface area contributed by atoms with E-state index in [9.17, 15) is 4.79 Å². The molecular formula is C18H19N3O2. The van der Waals surface area contributed by atoms with Crippen LogP contribution in [0.25, 0.3) is 22.8 Å². The fourth-order valence-electron chi connectivity index (χ4n) is 2.75. The van der Waals surface area contributed by atoms with E-state index in [1.54, 1.807) is 13.0 Å². The van der Waals surface area contributed by atoms with E-state index in [-0.39, 0.29) is 5.97 Å². The molecule has 0 atom stereocenters. The first-order valence-electron chi connectivity index (χ1n) is 7.56. The van der Waals surface area contributed by atoms with Crippen LogP contribution in [0, 0.1) is 6.92 Å². The van der Waals surface area contributed by atoms with E-state index in [0.717, 1.165) is 28.0 Å². The number of esters is 1. The molecule has 0 spiro atoms. The molecule has 0 amide bonds. The van der Waals surface area contributed by atoms with Gasteiger partial charge in [-0.05, 0) is 37.4 Å². The number of ether oxygens (including phenoxy) is 1. The van der Waals surface area contributed by atoms with Crippen molar-refractivity contribution in [2.45, 2.75) is 13.8 Å². The van der Waals surface area contributed by atoms with Crippen LogP contribution in [0.5, 0.6) is 0 Å². The minimum Gasteiger partial charge on any atom is -0.463 e. The monoisotopic (exact) mass is 309 g/mol. The number of carbonyl (C=O) groups excluding carboxylic acids is 1. The van der Waals surface area contributed by atoms with Gasteiger partial charge in [0.2, 0.25) is 0 Å². The van der Waals surface area contributed by atoms with Gasteiger partial charge in [0.05, 0.1) is 17.8 Å². The van der Waals surface area contributed by atoms with Gasteiger partial charge in [-0.3, -0.25) is 4.68 Å². The van der Waals surface area contributed by atoms with E-state index in [2.05, 4.69) is 27.9 Å². The summed E-state index contributed by atoms with van der Waals surface area (Å²) in [7, 11) is 1.90. The molecule has 3 rings (SSSR count). The Morgan fingerprint density at radius 3 is 2.87 bits per heavy atom. The van der Waals surface area contributed by atoms with Crippen molar-refractivity contribution in [3.05, 3.63) is 53.9 Å². The summed E-state index contributed by atoms with van der Waals surface area (Å²) in [6.07, 6.45) is 5.23. The van der Waals surface area contributed by atoms with E-state index in [4.69, 9.17) is 4.74 Å². The highest BCUT2D eigenvalue weighted by molar-refractivity contribution is 5.88. The summed E-state index contributed by atoms with van der Waals surface area (Å²) in [5, 5.41) is 5.65. The summed E-state index contributed by atoms with van der Waals surface area (Å²) in [5.41, 5.74) is 2.86. The average Bonchev–Trinajstić information content (AvgIpc) is 3.06. The Hall–Kier alpha value is -2.82. The quantitative estimate of drug-likeness (QED) is 0.549. The van der Waals surface area contributed by atoms with Crippen molar-refractivity contribution in [1.82, 2.24) is 14.3 Å². The van der Waals surface area contributed by atoms with Crippen molar-refractivity contribution < 1.29 is 9.53 Å². The molecule has 1 aromatic carbocycles. The molecule has 0 aliphatic rings. The highest BCUT2D eigenvalue weighted by Gasteiger charge is 2.15. The molecule has 0 unspecified atom stereocenters. The predicted molar refractivity (Wildman–Crippen MR) is 90.4 cm³/mol. The van der Waals surface area contributed by atoms with Crippen LogP contribution in [0.3, 0.4) is 0 Å². The molecule has 5 heteroatoms. The zero-order chi connectivity index (χ0) is 16.4. The maximum atomic E-state index is 11.6. The SMILES string of the molecule is CCOC(=O)/C=C/c1c(C)nn(C)c1-n1ccc2ccccc21. The third kappa shape index (κ3) is 2.77. The molecule has 0 bridgehead atoms. The highest BCUT2D eigenvalue weighted by Crippen LogP contribution is 2.25. The molecule has 0 saturated carbocycles. The number of hydrogen-bond acceptors (Lipinski definition) is 3. The smallest absolute Gasteiger partial charge is 0.330 e. The molecule has 0 saturated heterocycles. The van der Waals surface area contributed by atoms with Crippen molar-refractivity contribution in [3.8, 4) is 5.82 Å². The van der Waals surface area contributed by atoms with Gasteiger partial charge in [0.1, 0.15) is 5.82 Å². The Bertz CT molecular complexity index is 887. The first-order chi connectivity index (χ1) is 11.1. The molecule has 2 aromatic heterocycles. The van der Waals surface area contributed by atoms with Gasteiger partial charge in [0, 0.05) is 24.9 Å². The molecule has 0 radical (unpaired) electrons. The van der Waals surface area contributed by atoms with Gasteiger partial charge in [-0.2, -0.15) is 5.10 Å². The van der Waals surface area contributed by atoms with Crippen LogP contribution in [-0.2, 0) is 16.6 Å². The van der Waals surface area contributed by atoms with Crippen LogP contribution in [-0.4, -0.2) is 26.9 Å². The summed E-state index contributed by atoms with van der Waals surface area (Å²) < 4.78 is 8.86. The highest BCUT2D eigenvalue weighted by atomic mass is 16.5. The second-order valence-electron chi connectivity index (χ2n) is 5.28. The number of para-hydroxylation sites is 1. The maximum Gasteiger partial charge on any atom is 0.330 e. The maximum absolute atomic E-state index is 11.6. The lowest BCUT2D eigenvalue weighted by Crippen LogP contribution is -2.03. The molecule has 5 nitrogen and oxygen atoms in total. The number of benzene rings is 1. The minimum atomic E-state index is -0.348. The Balaban J connectivity index is 2.11. The van der Waals surface area contributed by atoms with Gasteiger partial charge in [-0.15, -0.1) is 0 Å². The van der Waals surface area contributed by atoms with Gasteiger partial charge in [-0.1, -0.05) is 18.2 Å². The van der Waals surface area contributed by atoms with Gasteiger partial charge in [-0.25, -0.2) is 4.79 Å². The second-order valence-corrected chi connectivity index (χ2v) is 5.28. The lowest BCUT2D eigenvalue weighted by Gasteiger charge is -2.07. The van der Waals surface area contributed by atoms with Gasteiger partial charge < -0.3 is 9.30 Å². The summed E-state index contributed by atoms with van der Waals surface area (Å²) in [6.45, 7) is 4.09. The molecule has 0 N–H and O–H groups in total. The normalized spacial score (nSPS) is 11.4. The van der Waals surface area contributed by atoms with Crippen LogP contribution in [0.15, 0.2) is 42.6 Å². The van der Waals surface area contributed by atoms with Crippen molar-refractivity contribution in [1.29, 1.82) is 0 Å². The Morgan fingerprint density at radius 1 is 1.30 bits per heavy atom. The minimum absolute atomic E-state index is 0.348. The third-order valence-corrected chi connectivity index (χ3v) is 3.74. The summed E-state index contributed by atoms with van der Waals surface area (Å²) in [6, 6.07) is 10.2. The number of aromatic nitrogens is 3. The van der Waals surface area contributed by atoms with E-state index >= 15 is 0 Å². The Kier molecular flexibility index (Phi) is 4.02. The fourth-order valence-corrected chi connectivity index (χ4v) is 2.75. The third-order valence-electron chi connectivity index (χ3n) is 3.74. The number of aryl methyl sites for hydroxylation is 2. The molecule has 118 valence electrons. The van der Waals surface area contributed by atoms with E-state index in [0.29, 0.717) is 6.61 Å². The summed E-state index contributed by atoms with van der Waals surface area (Å²) in [4.78, 5) is 11.6. The van der Waals surface area contributed by atoms with Crippen molar-refractivity contribution in [3.63, 3.8) is 0 Å². The standard InChI is InChI=1S/C18H19N3O2/c1-4-23-17(22)10-9-15-13(2)19-20(3)18(15)21-12-11-14-7-5-6-8-16(14)21/h5-12H,4H2,1-3H3/b10-9+. The predicted octanol–water partition coefficient (Wildman–Crippen LogP) is 3.25. The van der Waals surface area contributed by atoms with Crippen LogP contribution >= 0.6 is 0 Å². The molecular weight excluding hydrogens is 290 g/mol. The van der Waals surface area contributed by atoms with Crippen LogP contribution in [0.4, 0.5) is 0 Å². The molecule has 2 heterocycles. The first kappa shape index (κ1) is 15.1. The molecule has 0 aliphatic carbocycles. The molecule has 0 aliphatic heterocycles. The van der Waals surface area contributed by atoms with Crippen molar-refractivity contribution in [2.75, 3.05) is 6.61 Å². The lowest BCUT2D eigenvalue weighted by atomic mass is 10.2. The molecule has 23 heavy (non-hydrogen) atoms. The number of carbonyl (C=O) groups is 1. The summed E-state index contributed by atoms with van der Waals surface area (Å²) in [5.74, 6) is 0.573. The number of hydrogen-bond donors (Lipinski definition) is 0. The zero-order valence-electron chi connectivity index (χ0n) is 13.5. The van der Waals surface area contributed by atoms with E-state index in [1.807, 2.05) is 37.0 Å². The van der Waals surface area contributed by atoms with E-state index < -0.39 is 0 Å². The molecule has 3 aromatic rings. The number of fused-ring (bicyclic) bond motifs is 1. The Labute approximate surface area is 134 Å². The second kappa shape index (κ2) is 6.12.